The van der Waals surface area contributed by atoms with Crippen LogP contribution in [0.3, 0.4) is 0 Å². The molecule has 0 atom stereocenters. The van der Waals surface area contributed by atoms with Crippen molar-refractivity contribution in [3.63, 3.8) is 0 Å². The summed E-state index contributed by atoms with van der Waals surface area (Å²) >= 11 is 0. The summed E-state index contributed by atoms with van der Waals surface area (Å²) in [5.41, 5.74) is 0.260. The fourth-order valence-electron chi connectivity index (χ4n) is 1.30. The summed E-state index contributed by atoms with van der Waals surface area (Å²) in [7, 11) is 0. The van der Waals surface area contributed by atoms with E-state index >= 15 is 0 Å². The molecule has 0 unspecified atom stereocenters. The number of rotatable bonds is 0. The van der Waals surface area contributed by atoms with Gasteiger partial charge in [-0.05, 0) is 17.5 Å². The number of fused-ring (bicyclic) bond motifs is 1. The van der Waals surface area contributed by atoms with Gasteiger partial charge in [0.15, 0.2) is 5.69 Å². The van der Waals surface area contributed by atoms with Crippen molar-refractivity contribution in [1.82, 2.24) is 4.98 Å². The number of nitrogens with zero attached hydrogens (tertiary/aromatic N) is 2. The predicted octanol–water partition coefficient (Wildman–Crippen LogP) is 1.81. The Labute approximate surface area is 74.9 Å². The van der Waals surface area contributed by atoms with Crippen molar-refractivity contribution >= 4 is 10.8 Å². The highest BCUT2D eigenvalue weighted by Gasteiger charge is 2.04. The van der Waals surface area contributed by atoms with Crippen LogP contribution in [0.4, 0.5) is 0 Å². The molecule has 13 heavy (non-hydrogen) atoms. The molecule has 0 saturated carbocycles. The summed E-state index contributed by atoms with van der Waals surface area (Å²) in [5.74, 6) is 0.0992. The monoisotopic (exact) mass is 170 g/mol. The van der Waals surface area contributed by atoms with Gasteiger partial charge >= 0.3 is 0 Å². The van der Waals surface area contributed by atoms with E-state index in [2.05, 4.69) is 4.98 Å². The Bertz CT molecular complexity index is 494. The second kappa shape index (κ2) is 2.76. The smallest absolute Gasteiger partial charge is 0.151 e. The molecule has 1 aromatic carbocycles. The van der Waals surface area contributed by atoms with Crippen LogP contribution in [0.1, 0.15) is 5.69 Å². The van der Waals surface area contributed by atoms with Crippen molar-refractivity contribution in [2.75, 3.05) is 0 Å². The van der Waals surface area contributed by atoms with Crippen LogP contribution in [0.15, 0.2) is 30.5 Å². The van der Waals surface area contributed by atoms with Crippen molar-refractivity contribution in [2.45, 2.75) is 0 Å². The van der Waals surface area contributed by atoms with E-state index in [1.165, 1.54) is 0 Å². The van der Waals surface area contributed by atoms with Crippen molar-refractivity contribution in [2.24, 2.45) is 0 Å². The van der Waals surface area contributed by atoms with E-state index in [0.29, 0.717) is 5.39 Å². The molecule has 0 aliphatic heterocycles. The summed E-state index contributed by atoms with van der Waals surface area (Å²) in [6.07, 6.45) is 1.56. The zero-order valence-corrected chi connectivity index (χ0v) is 6.73. The molecule has 1 aromatic heterocycles. The minimum absolute atomic E-state index is 0.0992. The zero-order chi connectivity index (χ0) is 9.26. The van der Waals surface area contributed by atoms with E-state index in [0.717, 1.165) is 5.39 Å². The van der Waals surface area contributed by atoms with Crippen molar-refractivity contribution in [3.8, 4) is 11.8 Å². The van der Waals surface area contributed by atoms with E-state index in [1.807, 2.05) is 12.1 Å². The molecular weight excluding hydrogens is 164 g/mol. The normalized spacial score (nSPS) is 9.77. The Morgan fingerprint density at radius 1 is 1.31 bits per heavy atom. The summed E-state index contributed by atoms with van der Waals surface area (Å²) in [6.45, 7) is 0. The van der Waals surface area contributed by atoms with E-state index in [1.54, 1.807) is 24.4 Å². The molecule has 0 amide bonds. The third-order valence-electron chi connectivity index (χ3n) is 1.88. The Balaban J connectivity index is 2.97. The number of phenols is 1. The van der Waals surface area contributed by atoms with Crippen LogP contribution in [-0.2, 0) is 0 Å². The minimum atomic E-state index is 0.0992. The first-order valence-electron chi connectivity index (χ1n) is 3.80. The molecule has 62 valence electrons. The highest BCUT2D eigenvalue weighted by Crippen LogP contribution is 2.25. The largest absolute Gasteiger partial charge is 0.507 e. The van der Waals surface area contributed by atoms with Gasteiger partial charge in [-0.25, -0.2) is 4.98 Å². The standard InChI is InChI=1S/C10H6N2O/c11-6-8-10-7(4-5-12-8)2-1-3-9(10)13/h1-5,13H. The van der Waals surface area contributed by atoms with Gasteiger partial charge in [0, 0.05) is 6.20 Å². The average molecular weight is 170 g/mol. The summed E-state index contributed by atoms with van der Waals surface area (Å²) in [5, 5.41) is 19.6. The Morgan fingerprint density at radius 2 is 2.15 bits per heavy atom. The molecule has 0 aliphatic carbocycles. The fraction of sp³-hybridized carbons (Fsp3) is 0. The predicted molar refractivity (Wildman–Crippen MR) is 48.1 cm³/mol. The van der Waals surface area contributed by atoms with Crippen molar-refractivity contribution < 1.29 is 5.11 Å². The van der Waals surface area contributed by atoms with Crippen LogP contribution in [0.2, 0.25) is 0 Å². The maximum Gasteiger partial charge on any atom is 0.151 e. The summed E-state index contributed by atoms with van der Waals surface area (Å²) < 4.78 is 0. The first-order valence-corrected chi connectivity index (χ1v) is 3.80. The van der Waals surface area contributed by atoms with E-state index in [9.17, 15) is 5.11 Å². The average Bonchev–Trinajstić information content (AvgIpc) is 2.17. The van der Waals surface area contributed by atoms with Gasteiger partial charge in [-0.15, -0.1) is 0 Å². The Morgan fingerprint density at radius 3 is 2.92 bits per heavy atom. The van der Waals surface area contributed by atoms with Gasteiger partial charge in [-0.3, -0.25) is 0 Å². The molecule has 0 radical (unpaired) electrons. The van der Waals surface area contributed by atoms with Gasteiger partial charge < -0.3 is 5.11 Å². The molecule has 0 bridgehead atoms. The van der Waals surface area contributed by atoms with E-state index < -0.39 is 0 Å². The van der Waals surface area contributed by atoms with Gasteiger partial charge in [0.1, 0.15) is 11.8 Å². The second-order valence-corrected chi connectivity index (χ2v) is 2.65. The Kier molecular flexibility index (Phi) is 1.60. The lowest BCUT2D eigenvalue weighted by molar-refractivity contribution is 0.481. The maximum absolute atomic E-state index is 9.49. The molecular formula is C10H6N2O. The molecule has 0 fully saturated rings. The van der Waals surface area contributed by atoms with E-state index in [-0.39, 0.29) is 11.4 Å². The highest BCUT2D eigenvalue weighted by atomic mass is 16.3. The Hall–Kier alpha value is -2.08. The number of hydrogen-bond donors (Lipinski definition) is 1. The van der Waals surface area contributed by atoms with Gasteiger partial charge in [0.2, 0.25) is 0 Å². The third-order valence-corrected chi connectivity index (χ3v) is 1.88. The lowest BCUT2D eigenvalue weighted by Crippen LogP contribution is -1.84. The van der Waals surface area contributed by atoms with Crippen LogP contribution in [0.25, 0.3) is 10.8 Å². The number of aromatic hydroxyl groups is 1. The molecule has 0 aliphatic rings. The van der Waals surface area contributed by atoms with Crippen molar-refractivity contribution in [3.05, 3.63) is 36.2 Å². The number of hydrogen-bond acceptors (Lipinski definition) is 3. The van der Waals surface area contributed by atoms with Gasteiger partial charge in [0.05, 0.1) is 5.39 Å². The lowest BCUT2D eigenvalue weighted by Gasteiger charge is -2.00. The van der Waals surface area contributed by atoms with Crippen LogP contribution in [-0.4, -0.2) is 10.1 Å². The SMILES string of the molecule is N#Cc1nccc2cccc(O)c12. The van der Waals surface area contributed by atoms with Gasteiger partial charge in [-0.2, -0.15) is 5.26 Å². The molecule has 0 saturated heterocycles. The summed E-state index contributed by atoms with van der Waals surface area (Å²) in [6, 6.07) is 8.81. The number of phenolic OH excluding ortho intramolecular Hbond substituents is 1. The molecule has 3 heteroatoms. The molecule has 3 nitrogen and oxygen atoms in total. The molecule has 2 rings (SSSR count). The van der Waals surface area contributed by atoms with Gasteiger partial charge in [0.25, 0.3) is 0 Å². The number of benzene rings is 1. The number of aromatic nitrogens is 1. The van der Waals surface area contributed by atoms with Gasteiger partial charge in [-0.1, -0.05) is 12.1 Å². The zero-order valence-electron chi connectivity index (χ0n) is 6.73. The summed E-state index contributed by atoms with van der Waals surface area (Å²) in [4.78, 5) is 3.87. The van der Waals surface area contributed by atoms with Crippen LogP contribution >= 0.6 is 0 Å². The first-order chi connectivity index (χ1) is 6.33. The lowest BCUT2D eigenvalue weighted by atomic mass is 10.1. The fourth-order valence-corrected chi connectivity index (χ4v) is 1.30. The quantitative estimate of drug-likeness (QED) is 0.656. The molecule has 2 aromatic rings. The second-order valence-electron chi connectivity index (χ2n) is 2.65. The minimum Gasteiger partial charge on any atom is -0.507 e. The molecule has 1 N–H and O–H groups in total. The highest BCUT2D eigenvalue weighted by molar-refractivity contribution is 5.91. The van der Waals surface area contributed by atoms with E-state index in [4.69, 9.17) is 5.26 Å². The topological polar surface area (TPSA) is 56.9 Å². The first kappa shape index (κ1) is 7.56. The van der Waals surface area contributed by atoms with Crippen molar-refractivity contribution in [1.29, 1.82) is 5.26 Å². The number of pyridine rings is 1. The third kappa shape index (κ3) is 1.09. The van der Waals surface area contributed by atoms with Crippen LogP contribution < -0.4 is 0 Å². The van der Waals surface area contributed by atoms with Crippen LogP contribution in [0.5, 0.6) is 5.75 Å². The number of nitriles is 1. The molecule has 1 heterocycles. The molecule has 0 spiro atoms. The maximum atomic E-state index is 9.49. The van der Waals surface area contributed by atoms with Crippen LogP contribution in [0, 0.1) is 11.3 Å².